The van der Waals surface area contributed by atoms with Crippen molar-refractivity contribution in [2.24, 2.45) is 0 Å². The Hall–Kier alpha value is -5.14. The van der Waals surface area contributed by atoms with Crippen molar-refractivity contribution in [3.05, 3.63) is 145 Å². The molecular weight excluding hydrogens is 472 g/mol. The fourth-order valence-electron chi connectivity index (χ4n) is 5.53. The van der Waals surface area contributed by atoms with Gasteiger partial charge in [-0.2, -0.15) is 0 Å². The first-order valence-corrected chi connectivity index (χ1v) is 12.6. The molecule has 8 aromatic rings. The van der Waals surface area contributed by atoms with Crippen LogP contribution in [0.1, 0.15) is 12.3 Å². The topological polar surface area (TPSA) is 13.1 Å². The molecule has 0 unspecified atom stereocenters. The second kappa shape index (κ2) is 8.72. The Balaban J connectivity index is 1.46. The van der Waals surface area contributed by atoms with Crippen LogP contribution in [0.15, 0.2) is 150 Å². The van der Waals surface area contributed by atoms with Crippen LogP contribution in [-0.4, -0.2) is 0 Å². The van der Waals surface area contributed by atoms with Gasteiger partial charge in [0.05, 0.1) is 12.3 Å². The summed E-state index contributed by atoms with van der Waals surface area (Å²) in [5.74, 6) is 0. The van der Waals surface area contributed by atoms with Gasteiger partial charge in [-0.15, -0.1) is 0 Å². The van der Waals surface area contributed by atoms with Gasteiger partial charge >= 0.3 is 0 Å². The lowest BCUT2D eigenvalue weighted by atomic mass is 9.85. The molecule has 0 aliphatic heterocycles. The lowest BCUT2D eigenvalue weighted by Gasteiger charge is -2.18. The summed E-state index contributed by atoms with van der Waals surface area (Å²) in [6, 6.07) is 24.6. The van der Waals surface area contributed by atoms with Gasteiger partial charge in [0.2, 0.25) is 0 Å². The highest BCUT2D eigenvalue weighted by Gasteiger charge is 2.17. The summed E-state index contributed by atoms with van der Waals surface area (Å²) in [5, 5.41) is 5.12. The first-order valence-electron chi connectivity index (χ1n) is 17.1. The van der Waals surface area contributed by atoms with Gasteiger partial charge in [0, 0.05) is 10.8 Å². The molecule has 0 atom stereocenters. The second-order valence-electron chi connectivity index (χ2n) is 9.40. The van der Waals surface area contributed by atoms with E-state index < -0.39 is 42.3 Å². The summed E-state index contributed by atoms with van der Waals surface area (Å²) in [7, 11) is 0. The second-order valence-corrected chi connectivity index (χ2v) is 9.40. The van der Waals surface area contributed by atoms with E-state index in [0.29, 0.717) is 5.56 Å². The van der Waals surface area contributed by atoms with Crippen LogP contribution in [0.5, 0.6) is 0 Å². The van der Waals surface area contributed by atoms with Gasteiger partial charge in [-0.25, -0.2) is 0 Å². The van der Waals surface area contributed by atoms with Gasteiger partial charge < -0.3 is 4.42 Å². The quantitative estimate of drug-likeness (QED) is 0.218. The Morgan fingerprint density at radius 3 is 1.51 bits per heavy atom. The van der Waals surface area contributed by atoms with Crippen LogP contribution >= 0.6 is 0 Å². The smallest absolute Gasteiger partial charge is 0.135 e. The van der Waals surface area contributed by atoms with E-state index in [9.17, 15) is 2.74 Å². The average Bonchev–Trinajstić information content (AvgIpc) is 3.48. The molecule has 0 saturated carbocycles. The molecule has 182 valence electrons. The Bertz CT molecular complexity index is 2560. The molecule has 8 rings (SSSR count). The minimum Gasteiger partial charge on any atom is -0.456 e. The minimum absolute atomic E-state index is 0.0661. The first kappa shape index (κ1) is 14.7. The van der Waals surface area contributed by atoms with Gasteiger partial charge in [-0.1, -0.05) is 127 Å². The summed E-state index contributed by atoms with van der Waals surface area (Å²) in [6.07, 6.45) is 0. The molecule has 7 aromatic carbocycles. The maximum Gasteiger partial charge on any atom is 0.135 e. The molecule has 1 nitrogen and oxygen atoms in total. The van der Waals surface area contributed by atoms with Crippen molar-refractivity contribution in [2.45, 2.75) is 0 Å². The number of fused-ring (bicyclic) bond motifs is 5. The number of hydrogen-bond donors (Lipinski definition) is 0. The van der Waals surface area contributed by atoms with Crippen LogP contribution in [0.4, 0.5) is 0 Å². The maximum absolute atomic E-state index is 9.21. The van der Waals surface area contributed by atoms with E-state index in [1.54, 1.807) is 0 Å². The molecule has 0 saturated heterocycles. The van der Waals surface area contributed by atoms with E-state index in [-0.39, 0.29) is 28.8 Å². The highest BCUT2D eigenvalue weighted by atomic mass is 16.3. The standard InChI is InChI=1S/C38H24O/c1-2-10-25(11-3-1)26-18-20-27(21-19-26)37-30-13-4-6-15-32(30)38(33-16-7-5-14-31(33)37)28-22-23-36-34(24-28)29-12-8-9-17-35(29)39-36/h1-24H/i1D,2D,3D,10D,11D,18D,19D,20D,21D. The van der Waals surface area contributed by atoms with Crippen LogP contribution in [0.2, 0.25) is 0 Å². The third-order valence-electron chi connectivity index (χ3n) is 7.22. The summed E-state index contributed by atoms with van der Waals surface area (Å²) in [4.78, 5) is 0. The lowest BCUT2D eigenvalue weighted by Crippen LogP contribution is -1.91. The molecule has 0 amide bonds. The van der Waals surface area contributed by atoms with Crippen molar-refractivity contribution in [3.63, 3.8) is 0 Å². The molecule has 0 radical (unpaired) electrons. The van der Waals surface area contributed by atoms with Crippen molar-refractivity contribution in [2.75, 3.05) is 0 Å². The van der Waals surface area contributed by atoms with Gasteiger partial charge in [0.15, 0.2) is 0 Å². The first-order chi connectivity index (χ1) is 23.1. The van der Waals surface area contributed by atoms with Crippen LogP contribution in [-0.2, 0) is 0 Å². The Kier molecular flexibility index (Phi) is 3.29. The number of furan rings is 1. The van der Waals surface area contributed by atoms with E-state index in [1.165, 1.54) is 0 Å². The van der Waals surface area contributed by atoms with Crippen LogP contribution in [0.3, 0.4) is 0 Å². The number of benzene rings is 7. The molecule has 1 heterocycles. The van der Waals surface area contributed by atoms with Crippen LogP contribution in [0.25, 0.3) is 76.9 Å². The normalized spacial score (nSPS) is 14.8. The fraction of sp³-hybridized carbons (Fsp3) is 0. The molecule has 1 heteroatoms. The van der Waals surface area contributed by atoms with Gasteiger partial charge in [-0.3, -0.25) is 0 Å². The highest BCUT2D eigenvalue weighted by Crippen LogP contribution is 2.44. The van der Waals surface area contributed by atoms with E-state index in [1.807, 2.05) is 84.9 Å². The molecule has 0 aliphatic rings. The lowest BCUT2D eigenvalue weighted by molar-refractivity contribution is 0.669. The number of para-hydroxylation sites is 1. The summed E-state index contributed by atoms with van der Waals surface area (Å²) in [5.41, 5.74) is 3.35. The summed E-state index contributed by atoms with van der Waals surface area (Å²) >= 11 is 0. The summed E-state index contributed by atoms with van der Waals surface area (Å²) < 4.78 is 83.7. The summed E-state index contributed by atoms with van der Waals surface area (Å²) in [6.45, 7) is 0. The predicted molar refractivity (Wildman–Crippen MR) is 165 cm³/mol. The van der Waals surface area contributed by atoms with Crippen molar-refractivity contribution < 1.29 is 16.8 Å². The molecule has 0 fully saturated rings. The molecule has 39 heavy (non-hydrogen) atoms. The molecule has 0 bridgehead atoms. The van der Waals surface area contributed by atoms with E-state index in [2.05, 4.69) is 6.07 Å². The molecule has 0 spiro atoms. The van der Waals surface area contributed by atoms with Crippen molar-refractivity contribution >= 4 is 43.5 Å². The SMILES string of the molecule is [2H]c1c([2H])c([2H])c(-c2c([2H])c([2H])c(-c3c4ccccc4c(-c4ccc5oc6ccccc6c5c4)c4ccccc34)c([2H])c2[2H])c([2H])c1[2H]. The molecule has 1 aromatic heterocycles. The number of rotatable bonds is 3. The molecule has 0 aliphatic carbocycles. The van der Waals surface area contributed by atoms with Gasteiger partial charge in [0.1, 0.15) is 11.2 Å². The monoisotopic (exact) mass is 505 g/mol. The largest absolute Gasteiger partial charge is 0.456 e. The predicted octanol–water partition coefficient (Wildman–Crippen LogP) is 10.9. The molecule has 0 N–H and O–H groups in total. The third-order valence-corrected chi connectivity index (χ3v) is 7.22. The van der Waals surface area contributed by atoms with Crippen LogP contribution in [0, 0.1) is 0 Å². The fourth-order valence-corrected chi connectivity index (χ4v) is 5.53. The van der Waals surface area contributed by atoms with E-state index in [0.717, 1.165) is 54.6 Å². The van der Waals surface area contributed by atoms with E-state index >= 15 is 0 Å². The Morgan fingerprint density at radius 1 is 0.385 bits per heavy atom. The third kappa shape index (κ3) is 3.48. The Labute approximate surface area is 239 Å². The van der Waals surface area contributed by atoms with Crippen LogP contribution < -0.4 is 0 Å². The zero-order chi connectivity index (χ0) is 33.6. The highest BCUT2D eigenvalue weighted by molar-refractivity contribution is 6.22. The van der Waals surface area contributed by atoms with Crippen molar-refractivity contribution in [3.8, 4) is 33.4 Å². The number of hydrogen-bond acceptors (Lipinski definition) is 1. The average molecular weight is 506 g/mol. The van der Waals surface area contributed by atoms with Gasteiger partial charge in [-0.05, 0) is 73.1 Å². The molecular formula is C38H24O. The maximum atomic E-state index is 9.21. The Morgan fingerprint density at radius 2 is 0.872 bits per heavy atom. The van der Waals surface area contributed by atoms with Crippen molar-refractivity contribution in [1.29, 1.82) is 0 Å². The zero-order valence-corrected chi connectivity index (χ0v) is 20.6. The van der Waals surface area contributed by atoms with Crippen molar-refractivity contribution in [1.82, 2.24) is 0 Å². The van der Waals surface area contributed by atoms with E-state index in [4.69, 9.17) is 14.0 Å². The van der Waals surface area contributed by atoms with Gasteiger partial charge in [0.25, 0.3) is 0 Å². The zero-order valence-electron chi connectivity index (χ0n) is 29.6. The minimum atomic E-state index is -0.610.